The van der Waals surface area contributed by atoms with Crippen molar-refractivity contribution in [2.24, 2.45) is 0 Å². The summed E-state index contributed by atoms with van der Waals surface area (Å²) in [6.45, 7) is 6.54. The Kier molecular flexibility index (Phi) is 7.08. The second-order valence-corrected chi connectivity index (χ2v) is 9.75. The van der Waals surface area contributed by atoms with E-state index in [9.17, 15) is 4.79 Å². The van der Waals surface area contributed by atoms with Crippen LogP contribution in [0, 0.1) is 0 Å². The Hall–Kier alpha value is -3.93. The number of carbonyl (C=O) groups is 1. The Bertz CT molecular complexity index is 1310. The van der Waals surface area contributed by atoms with Gasteiger partial charge in [-0.3, -0.25) is 4.79 Å². The second kappa shape index (κ2) is 10.6. The van der Waals surface area contributed by atoms with Crippen molar-refractivity contribution >= 4 is 17.2 Å². The maximum Gasteiger partial charge on any atom is 0.163 e. The van der Waals surface area contributed by atoms with Gasteiger partial charge in [0.25, 0.3) is 0 Å². The van der Waals surface area contributed by atoms with E-state index in [1.54, 1.807) is 7.11 Å². The number of allylic oxidation sites excluding steroid dienone is 1. The maximum absolute atomic E-state index is 13.8. The Balaban J connectivity index is 1.52. The summed E-state index contributed by atoms with van der Waals surface area (Å²) in [6.07, 6.45) is 1.25. The molecule has 0 amide bonds. The molecule has 5 rings (SSSR count). The summed E-state index contributed by atoms with van der Waals surface area (Å²) < 4.78 is 17.1. The molecule has 0 spiro atoms. The highest BCUT2D eigenvalue weighted by molar-refractivity contribution is 6.01. The number of benzene rings is 3. The van der Waals surface area contributed by atoms with Crippen LogP contribution in [0.15, 0.2) is 78.0 Å². The molecule has 2 aliphatic rings. The Morgan fingerprint density at radius 2 is 1.65 bits per heavy atom. The van der Waals surface area contributed by atoms with E-state index in [1.807, 2.05) is 87.5 Å². The summed E-state index contributed by atoms with van der Waals surface area (Å²) in [4.78, 5) is 13.8. The van der Waals surface area contributed by atoms with Crippen LogP contribution >= 0.6 is 0 Å². The van der Waals surface area contributed by atoms with Crippen LogP contribution in [0.25, 0.3) is 0 Å². The van der Waals surface area contributed by atoms with Gasteiger partial charge in [0.2, 0.25) is 0 Å². The quantitative estimate of drug-likeness (QED) is 0.371. The van der Waals surface area contributed by atoms with Crippen molar-refractivity contribution < 1.29 is 19.0 Å². The van der Waals surface area contributed by atoms with Gasteiger partial charge >= 0.3 is 0 Å². The molecule has 1 aliphatic heterocycles. The third kappa shape index (κ3) is 5.15. The minimum absolute atomic E-state index is 0.0380. The average molecular weight is 499 g/mol. The Labute approximate surface area is 218 Å². The summed E-state index contributed by atoms with van der Waals surface area (Å²) in [7, 11) is 1.64. The number of carbonyl (C=O) groups excluding carboxylic acids is 1. The molecule has 0 fully saturated rings. The lowest BCUT2D eigenvalue weighted by Gasteiger charge is -2.30. The third-order valence-corrected chi connectivity index (χ3v) is 6.85. The van der Waals surface area contributed by atoms with Gasteiger partial charge in [-0.1, -0.05) is 30.3 Å². The molecule has 192 valence electrons. The fourth-order valence-electron chi connectivity index (χ4n) is 5.20. The van der Waals surface area contributed by atoms with Gasteiger partial charge in [0.05, 0.1) is 37.2 Å². The summed E-state index contributed by atoms with van der Waals surface area (Å²) in [5.74, 6) is 2.40. The van der Waals surface area contributed by atoms with Crippen LogP contribution in [0.2, 0.25) is 0 Å². The molecule has 2 N–H and O–H groups in total. The van der Waals surface area contributed by atoms with Gasteiger partial charge in [-0.2, -0.15) is 0 Å². The van der Waals surface area contributed by atoms with E-state index in [0.717, 1.165) is 45.9 Å². The molecule has 3 aromatic carbocycles. The van der Waals surface area contributed by atoms with Gasteiger partial charge in [-0.25, -0.2) is 0 Å². The number of hydrogen-bond donors (Lipinski definition) is 2. The molecular formula is C31H34N2O4. The molecule has 2 atom stereocenters. The van der Waals surface area contributed by atoms with Crippen molar-refractivity contribution in [3.63, 3.8) is 0 Å². The predicted molar refractivity (Wildman–Crippen MR) is 147 cm³/mol. The topological polar surface area (TPSA) is 68.8 Å². The Morgan fingerprint density at radius 1 is 0.919 bits per heavy atom. The van der Waals surface area contributed by atoms with E-state index in [-0.39, 0.29) is 23.8 Å². The lowest BCUT2D eigenvalue weighted by atomic mass is 9.78. The van der Waals surface area contributed by atoms with Crippen molar-refractivity contribution in [3.05, 3.63) is 89.1 Å². The molecule has 0 saturated heterocycles. The van der Waals surface area contributed by atoms with E-state index in [2.05, 4.69) is 10.6 Å². The molecule has 3 aromatic rings. The van der Waals surface area contributed by atoms with Crippen LogP contribution in [0.5, 0.6) is 17.2 Å². The zero-order valence-electron chi connectivity index (χ0n) is 21.8. The molecule has 0 saturated carbocycles. The molecule has 0 bridgehead atoms. The summed E-state index contributed by atoms with van der Waals surface area (Å²) in [6, 6.07) is 21.9. The average Bonchev–Trinajstić information content (AvgIpc) is 3.06. The first-order chi connectivity index (χ1) is 18.0. The standard InChI is InChI=1S/C31H34N2O4/c1-5-36-28-15-12-21(18-29(28)35-4)22-16-26-30(27(34)17-22)31(33-25-9-7-6-8-24(25)32-26)20-10-13-23(14-11-20)37-19(2)3/h6-15,18-19,22,31-33H,5,16-17H2,1-4H3. The first-order valence-electron chi connectivity index (χ1n) is 12.9. The van der Waals surface area contributed by atoms with Gasteiger partial charge in [0.15, 0.2) is 17.3 Å². The Morgan fingerprint density at radius 3 is 2.35 bits per heavy atom. The first kappa shape index (κ1) is 24.8. The van der Waals surface area contributed by atoms with Crippen LogP contribution in [0.4, 0.5) is 11.4 Å². The first-order valence-corrected chi connectivity index (χ1v) is 12.9. The highest BCUT2D eigenvalue weighted by Gasteiger charge is 2.36. The predicted octanol–water partition coefficient (Wildman–Crippen LogP) is 6.86. The highest BCUT2D eigenvalue weighted by atomic mass is 16.5. The number of fused-ring (bicyclic) bond motifs is 1. The molecule has 2 unspecified atom stereocenters. The van der Waals surface area contributed by atoms with Crippen molar-refractivity contribution in [2.75, 3.05) is 24.4 Å². The molecule has 1 heterocycles. The van der Waals surface area contributed by atoms with Crippen LogP contribution in [-0.2, 0) is 4.79 Å². The lowest BCUT2D eigenvalue weighted by Crippen LogP contribution is -2.26. The molecular weight excluding hydrogens is 464 g/mol. The summed E-state index contributed by atoms with van der Waals surface area (Å²) in [5, 5.41) is 7.25. The van der Waals surface area contributed by atoms with Gasteiger partial charge in [-0.15, -0.1) is 0 Å². The molecule has 6 nitrogen and oxygen atoms in total. The van der Waals surface area contributed by atoms with E-state index in [0.29, 0.717) is 24.5 Å². The smallest absolute Gasteiger partial charge is 0.163 e. The number of nitrogens with one attached hydrogen (secondary N) is 2. The van der Waals surface area contributed by atoms with Crippen molar-refractivity contribution in [3.8, 4) is 17.2 Å². The third-order valence-electron chi connectivity index (χ3n) is 6.85. The van der Waals surface area contributed by atoms with E-state index in [1.165, 1.54) is 0 Å². The maximum atomic E-state index is 13.8. The zero-order valence-corrected chi connectivity index (χ0v) is 21.8. The van der Waals surface area contributed by atoms with Crippen LogP contribution in [-0.4, -0.2) is 25.6 Å². The number of ketones is 1. The monoisotopic (exact) mass is 498 g/mol. The normalized spacial score (nSPS) is 18.8. The molecule has 0 aromatic heterocycles. The number of ether oxygens (including phenoxy) is 3. The fourth-order valence-corrected chi connectivity index (χ4v) is 5.20. The van der Waals surface area contributed by atoms with Gasteiger partial charge in [0.1, 0.15) is 5.75 Å². The van der Waals surface area contributed by atoms with E-state index in [4.69, 9.17) is 14.2 Å². The second-order valence-electron chi connectivity index (χ2n) is 9.75. The highest BCUT2D eigenvalue weighted by Crippen LogP contribution is 2.45. The number of para-hydroxylation sites is 2. The largest absolute Gasteiger partial charge is 0.493 e. The van der Waals surface area contributed by atoms with Crippen molar-refractivity contribution in [2.45, 2.75) is 51.7 Å². The number of Topliss-reactive ketones (excluding diaryl/α,β-unsaturated/α-hetero) is 1. The summed E-state index contributed by atoms with van der Waals surface area (Å²) >= 11 is 0. The molecule has 37 heavy (non-hydrogen) atoms. The molecule has 0 radical (unpaired) electrons. The minimum Gasteiger partial charge on any atom is -0.493 e. The fraction of sp³-hybridized carbons (Fsp3) is 0.323. The van der Waals surface area contributed by atoms with E-state index >= 15 is 0 Å². The minimum atomic E-state index is -0.262. The van der Waals surface area contributed by atoms with E-state index < -0.39 is 0 Å². The zero-order chi connectivity index (χ0) is 25.9. The van der Waals surface area contributed by atoms with Crippen LogP contribution in [0.1, 0.15) is 56.7 Å². The molecule has 1 aliphatic carbocycles. The molecule has 6 heteroatoms. The number of methoxy groups -OCH3 is 1. The number of anilines is 2. The van der Waals surface area contributed by atoms with Crippen molar-refractivity contribution in [1.29, 1.82) is 0 Å². The van der Waals surface area contributed by atoms with Crippen molar-refractivity contribution in [1.82, 2.24) is 0 Å². The number of rotatable bonds is 7. The van der Waals surface area contributed by atoms with Crippen LogP contribution in [0.3, 0.4) is 0 Å². The van der Waals surface area contributed by atoms with Gasteiger partial charge in [-0.05, 0) is 80.6 Å². The lowest BCUT2D eigenvalue weighted by molar-refractivity contribution is -0.116. The van der Waals surface area contributed by atoms with Gasteiger partial charge in [0, 0.05) is 17.7 Å². The summed E-state index contributed by atoms with van der Waals surface area (Å²) in [5.41, 5.74) is 5.78. The van der Waals surface area contributed by atoms with Gasteiger partial charge < -0.3 is 24.8 Å². The number of hydrogen-bond acceptors (Lipinski definition) is 6. The SMILES string of the molecule is CCOc1ccc(C2CC(=O)C3=C(C2)Nc2ccccc2NC3c2ccc(OC(C)C)cc2)cc1OC. The van der Waals surface area contributed by atoms with Crippen LogP contribution < -0.4 is 24.8 Å².